The van der Waals surface area contributed by atoms with Crippen molar-refractivity contribution in [2.45, 2.75) is 5.16 Å². The van der Waals surface area contributed by atoms with Crippen LogP contribution in [0.25, 0.3) is 0 Å². The molecule has 4 nitrogen and oxygen atoms in total. The first kappa shape index (κ1) is 9.28. The quantitative estimate of drug-likeness (QED) is 0.508. The van der Waals surface area contributed by atoms with E-state index in [2.05, 4.69) is 9.97 Å². The maximum Gasteiger partial charge on any atom is 0.187 e. The number of carbonyl (C=O) groups excluding carboxylic acids is 1. The summed E-state index contributed by atoms with van der Waals surface area (Å²) < 4.78 is 0. The monoisotopic (exact) mass is 203 g/mol. The van der Waals surface area contributed by atoms with E-state index in [-0.39, 0.29) is 10.7 Å². The average molecular weight is 204 g/mol. The van der Waals surface area contributed by atoms with Gasteiger partial charge in [-0.05, 0) is 6.26 Å². The van der Waals surface area contributed by atoms with Crippen LogP contribution in [0.4, 0.5) is 0 Å². The zero-order valence-corrected chi connectivity index (χ0v) is 7.65. The van der Waals surface area contributed by atoms with Crippen LogP contribution in [0.2, 0.25) is 5.02 Å². The summed E-state index contributed by atoms with van der Waals surface area (Å²) in [6.45, 7) is 0. The van der Waals surface area contributed by atoms with E-state index in [4.69, 9.17) is 11.6 Å². The van der Waals surface area contributed by atoms with Crippen LogP contribution in [-0.4, -0.2) is 22.2 Å². The van der Waals surface area contributed by atoms with E-state index in [1.165, 1.54) is 18.0 Å². The number of halogens is 1. The third kappa shape index (κ3) is 1.86. The van der Waals surface area contributed by atoms with Crippen LogP contribution in [0, 0.1) is 0 Å². The van der Waals surface area contributed by atoms with Gasteiger partial charge in [0.15, 0.2) is 5.16 Å². The molecule has 0 unspecified atom stereocenters. The zero-order valence-electron chi connectivity index (χ0n) is 6.07. The Bertz CT molecular complexity index is 318. The fraction of sp³-hybridized carbons (Fsp3) is 0.167. The first-order valence-corrected chi connectivity index (χ1v) is 4.53. The molecule has 0 aliphatic rings. The molecule has 1 aromatic rings. The van der Waals surface area contributed by atoms with Gasteiger partial charge in [-0.15, -0.1) is 0 Å². The fourth-order valence-corrected chi connectivity index (χ4v) is 1.10. The number of carboxylic acids is 1. The molecule has 0 saturated carbocycles. The minimum atomic E-state index is -1.39. The van der Waals surface area contributed by atoms with Crippen molar-refractivity contribution in [3.8, 4) is 0 Å². The Hall–Kier alpha value is -0.810. The maximum absolute atomic E-state index is 10.4. The second-order valence-corrected chi connectivity index (χ2v) is 3.02. The molecule has 0 aliphatic carbocycles. The molecule has 0 aliphatic heterocycles. The first-order chi connectivity index (χ1) is 5.65. The molecule has 0 fully saturated rings. The Morgan fingerprint density at radius 1 is 1.75 bits per heavy atom. The van der Waals surface area contributed by atoms with Crippen LogP contribution in [-0.2, 0) is 0 Å². The highest BCUT2D eigenvalue weighted by Crippen LogP contribution is 2.15. The van der Waals surface area contributed by atoms with Crippen molar-refractivity contribution >= 4 is 29.3 Å². The summed E-state index contributed by atoms with van der Waals surface area (Å²) in [4.78, 5) is 17.8. The minimum Gasteiger partial charge on any atom is -0.543 e. The topological polar surface area (TPSA) is 65.9 Å². The molecule has 0 N–H and O–H groups in total. The van der Waals surface area contributed by atoms with E-state index in [0.29, 0.717) is 5.16 Å². The molecule has 0 atom stereocenters. The Balaban J connectivity index is 3.17. The number of thioether (sulfide) groups is 1. The number of hydrogen-bond acceptors (Lipinski definition) is 5. The Morgan fingerprint density at radius 2 is 2.42 bits per heavy atom. The highest BCUT2D eigenvalue weighted by atomic mass is 35.5. The normalized spacial score (nSPS) is 9.83. The van der Waals surface area contributed by atoms with Gasteiger partial charge in [0.25, 0.3) is 0 Å². The van der Waals surface area contributed by atoms with Gasteiger partial charge >= 0.3 is 0 Å². The number of aromatic nitrogens is 2. The van der Waals surface area contributed by atoms with E-state index < -0.39 is 5.97 Å². The largest absolute Gasteiger partial charge is 0.543 e. The smallest absolute Gasteiger partial charge is 0.187 e. The van der Waals surface area contributed by atoms with Gasteiger partial charge in [-0.25, -0.2) is 9.97 Å². The van der Waals surface area contributed by atoms with Crippen LogP contribution in [0.1, 0.15) is 10.5 Å². The molecule has 64 valence electrons. The van der Waals surface area contributed by atoms with Gasteiger partial charge in [-0.1, -0.05) is 23.4 Å². The van der Waals surface area contributed by atoms with Gasteiger partial charge in [0.1, 0.15) is 5.69 Å². The Morgan fingerprint density at radius 3 is 2.92 bits per heavy atom. The number of hydrogen-bond donors (Lipinski definition) is 0. The number of aromatic carboxylic acids is 1. The SMILES string of the molecule is CSc1ncc(Cl)c(C(=O)[O-])n1. The Labute approximate surface area is 78.0 Å². The fourth-order valence-electron chi connectivity index (χ4n) is 0.592. The summed E-state index contributed by atoms with van der Waals surface area (Å²) >= 11 is 6.73. The van der Waals surface area contributed by atoms with Crippen LogP contribution in [0.5, 0.6) is 0 Å². The molecule has 0 bridgehead atoms. The maximum atomic E-state index is 10.4. The predicted molar refractivity (Wildman–Crippen MR) is 43.2 cm³/mol. The molecule has 0 aromatic carbocycles. The lowest BCUT2D eigenvalue weighted by Crippen LogP contribution is -2.24. The second-order valence-electron chi connectivity index (χ2n) is 1.84. The van der Waals surface area contributed by atoms with Crippen molar-refractivity contribution in [2.75, 3.05) is 6.26 Å². The molecule has 1 heterocycles. The van der Waals surface area contributed by atoms with Crippen molar-refractivity contribution in [2.24, 2.45) is 0 Å². The summed E-state index contributed by atoms with van der Waals surface area (Å²) in [6, 6.07) is 0. The van der Waals surface area contributed by atoms with Crippen molar-refractivity contribution in [3.05, 3.63) is 16.9 Å². The zero-order chi connectivity index (χ0) is 9.14. The third-order valence-corrected chi connectivity index (χ3v) is 1.94. The van der Waals surface area contributed by atoms with E-state index in [1.807, 2.05) is 0 Å². The molecule has 0 spiro atoms. The lowest BCUT2D eigenvalue weighted by Gasteiger charge is -2.03. The molecular formula is C6H4ClN2O2S-. The van der Waals surface area contributed by atoms with E-state index >= 15 is 0 Å². The van der Waals surface area contributed by atoms with Crippen molar-refractivity contribution < 1.29 is 9.90 Å². The number of rotatable bonds is 2. The minimum absolute atomic E-state index is 0.00667. The summed E-state index contributed by atoms with van der Waals surface area (Å²) in [7, 11) is 0. The molecule has 0 saturated heterocycles. The van der Waals surface area contributed by atoms with Crippen LogP contribution >= 0.6 is 23.4 Å². The first-order valence-electron chi connectivity index (χ1n) is 2.93. The Kier molecular flexibility index (Phi) is 2.88. The summed E-state index contributed by atoms with van der Waals surface area (Å²) in [5.74, 6) is -1.39. The molecule has 1 rings (SSSR count). The lowest BCUT2D eigenvalue weighted by molar-refractivity contribution is -0.255. The average Bonchev–Trinajstić information content (AvgIpc) is 2.05. The molecule has 12 heavy (non-hydrogen) atoms. The summed E-state index contributed by atoms with van der Waals surface area (Å²) in [5.41, 5.74) is -0.268. The number of nitrogens with zero attached hydrogens (tertiary/aromatic N) is 2. The summed E-state index contributed by atoms with van der Waals surface area (Å²) in [5, 5.41) is 10.7. The van der Waals surface area contributed by atoms with Gasteiger partial charge in [-0.2, -0.15) is 0 Å². The number of carbonyl (C=O) groups is 1. The molecule has 0 amide bonds. The van der Waals surface area contributed by atoms with Gasteiger partial charge in [-0.3, -0.25) is 0 Å². The van der Waals surface area contributed by atoms with Crippen LogP contribution in [0.3, 0.4) is 0 Å². The molecule has 0 radical (unpaired) electrons. The van der Waals surface area contributed by atoms with Crippen LogP contribution in [0.15, 0.2) is 11.4 Å². The highest BCUT2D eigenvalue weighted by Gasteiger charge is 2.04. The van der Waals surface area contributed by atoms with Crippen molar-refractivity contribution in [1.29, 1.82) is 0 Å². The molecule has 6 heteroatoms. The lowest BCUT2D eigenvalue weighted by atomic mass is 10.4. The van der Waals surface area contributed by atoms with E-state index in [0.717, 1.165) is 0 Å². The second kappa shape index (κ2) is 3.73. The van der Waals surface area contributed by atoms with Crippen LogP contribution < -0.4 is 5.11 Å². The predicted octanol–water partition coefficient (Wildman–Crippen LogP) is 0.215. The highest BCUT2D eigenvalue weighted by molar-refractivity contribution is 7.98. The molecule has 1 aromatic heterocycles. The summed E-state index contributed by atoms with van der Waals surface area (Å²) in [6.07, 6.45) is 2.98. The van der Waals surface area contributed by atoms with E-state index in [1.54, 1.807) is 6.26 Å². The van der Waals surface area contributed by atoms with Gasteiger partial charge in [0.2, 0.25) is 0 Å². The van der Waals surface area contributed by atoms with Gasteiger partial charge < -0.3 is 9.90 Å². The van der Waals surface area contributed by atoms with E-state index in [9.17, 15) is 9.90 Å². The van der Waals surface area contributed by atoms with Gasteiger partial charge in [0, 0.05) is 0 Å². The number of carboxylic acid groups (broad SMARTS) is 1. The third-order valence-electron chi connectivity index (χ3n) is 1.10. The van der Waals surface area contributed by atoms with Crippen molar-refractivity contribution in [3.63, 3.8) is 0 Å². The van der Waals surface area contributed by atoms with Crippen molar-refractivity contribution in [1.82, 2.24) is 9.97 Å². The standard InChI is InChI=1S/C6H5ClN2O2S/c1-12-6-8-2-3(7)4(9-6)5(10)11/h2H,1H3,(H,10,11)/p-1. The molecular weight excluding hydrogens is 200 g/mol. The van der Waals surface area contributed by atoms with Gasteiger partial charge in [0.05, 0.1) is 17.2 Å².